The number of hydrogen-bond donors (Lipinski definition) is 1. The lowest BCUT2D eigenvalue weighted by Gasteiger charge is -2.19. The molecule has 132 valence electrons. The van der Waals surface area contributed by atoms with E-state index in [1.807, 2.05) is 13.8 Å². The summed E-state index contributed by atoms with van der Waals surface area (Å²) in [5.41, 5.74) is 1.02. The number of carbonyl (C=O) groups excluding carboxylic acids is 2. The fourth-order valence-electron chi connectivity index (χ4n) is 2.48. The molecule has 0 unspecified atom stereocenters. The molecule has 2 aromatic rings. The smallest absolute Gasteiger partial charge is 0.259 e. The minimum atomic E-state index is -0.531. The Morgan fingerprint density at radius 2 is 1.84 bits per heavy atom. The van der Waals surface area contributed by atoms with Crippen molar-refractivity contribution in [2.75, 3.05) is 25.5 Å². The number of carbonyl (C=O) groups is 2. The highest BCUT2D eigenvalue weighted by molar-refractivity contribution is 6.06. The number of nitrogens with zero attached hydrogens (tertiary/aromatic N) is 1. The van der Waals surface area contributed by atoms with Gasteiger partial charge in [-0.25, -0.2) is 4.39 Å². The lowest BCUT2D eigenvalue weighted by atomic mass is 10.1. The Labute approximate surface area is 146 Å². The Balaban J connectivity index is 2.24. The summed E-state index contributed by atoms with van der Waals surface area (Å²) in [4.78, 5) is 26.5. The highest BCUT2D eigenvalue weighted by atomic mass is 19.1. The van der Waals surface area contributed by atoms with E-state index in [9.17, 15) is 14.0 Å². The van der Waals surface area contributed by atoms with E-state index in [-0.39, 0.29) is 17.2 Å². The van der Waals surface area contributed by atoms with E-state index in [4.69, 9.17) is 4.74 Å². The van der Waals surface area contributed by atoms with Gasteiger partial charge in [0.2, 0.25) is 0 Å². The first kappa shape index (κ1) is 18.4. The average Bonchev–Trinajstić information content (AvgIpc) is 2.62. The highest BCUT2D eigenvalue weighted by Crippen LogP contribution is 2.21. The van der Waals surface area contributed by atoms with Crippen molar-refractivity contribution in [3.05, 3.63) is 59.4 Å². The van der Waals surface area contributed by atoms with Gasteiger partial charge in [0.15, 0.2) is 0 Å². The van der Waals surface area contributed by atoms with Crippen LogP contribution in [0.4, 0.5) is 10.1 Å². The maximum absolute atomic E-state index is 13.4. The molecule has 0 atom stereocenters. The second-order valence-electron chi connectivity index (χ2n) is 5.36. The van der Waals surface area contributed by atoms with Crippen LogP contribution in [0.25, 0.3) is 0 Å². The molecule has 0 bridgehead atoms. The normalized spacial score (nSPS) is 10.2. The Kier molecular flexibility index (Phi) is 6.11. The van der Waals surface area contributed by atoms with Gasteiger partial charge in [0.25, 0.3) is 11.8 Å². The topological polar surface area (TPSA) is 58.6 Å². The van der Waals surface area contributed by atoms with Crippen LogP contribution < -0.4 is 10.1 Å². The summed E-state index contributed by atoms with van der Waals surface area (Å²) in [7, 11) is 1.41. The van der Waals surface area contributed by atoms with Crippen LogP contribution in [0.1, 0.15) is 34.6 Å². The van der Waals surface area contributed by atoms with Gasteiger partial charge in [-0.2, -0.15) is 0 Å². The molecule has 1 N–H and O–H groups in total. The van der Waals surface area contributed by atoms with Crippen molar-refractivity contribution >= 4 is 17.5 Å². The monoisotopic (exact) mass is 344 g/mol. The summed E-state index contributed by atoms with van der Waals surface area (Å²) in [6, 6.07) is 10.4. The molecule has 0 radical (unpaired) electrons. The first-order valence-corrected chi connectivity index (χ1v) is 8.04. The van der Waals surface area contributed by atoms with Crippen LogP contribution in [-0.4, -0.2) is 36.9 Å². The third-order valence-electron chi connectivity index (χ3n) is 3.82. The number of anilines is 1. The van der Waals surface area contributed by atoms with Gasteiger partial charge in [0.1, 0.15) is 11.6 Å². The van der Waals surface area contributed by atoms with Crippen LogP contribution in [0.15, 0.2) is 42.5 Å². The molecule has 6 heteroatoms. The van der Waals surface area contributed by atoms with Crippen LogP contribution in [0.3, 0.4) is 0 Å². The maximum atomic E-state index is 13.4. The minimum Gasteiger partial charge on any atom is -0.496 e. The summed E-state index contributed by atoms with van der Waals surface area (Å²) >= 11 is 0. The van der Waals surface area contributed by atoms with Crippen molar-refractivity contribution in [2.24, 2.45) is 0 Å². The van der Waals surface area contributed by atoms with Crippen LogP contribution in [0.2, 0.25) is 0 Å². The lowest BCUT2D eigenvalue weighted by molar-refractivity contribution is 0.0772. The van der Waals surface area contributed by atoms with E-state index >= 15 is 0 Å². The van der Waals surface area contributed by atoms with Gasteiger partial charge in [-0.3, -0.25) is 9.59 Å². The maximum Gasteiger partial charge on any atom is 0.259 e. The Bertz CT molecular complexity index is 773. The molecule has 5 nitrogen and oxygen atoms in total. The lowest BCUT2D eigenvalue weighted by Crippen LogP contribution is -2.30. The quantitative estimate of drug-likeness (QED) is 0.871. The standard InChI is InChI=1S/C19H21FN2O3/c1-4-22(5-2)19(24)13-7-6-8-15(11-13)21-18(23)16-12-14(20)9-10-17(16)25-3/h6-12H,4-5H2,1-3H3,(H,21,23). The van der Waals surface area contributed by atoms with Gasteiger partial charge in [-0.05, 0) is 50.2 Å². The molecule has 25 heavy (non-hydrogen) atoms. The van der Waals surface area contributed by atoms with Gasteiger partial charge < -0.3 is 15.0 Å². The fraction of sp³-hybridized carbons (Fsp3) is 0.263. The molecule has 0 aliphatic heterocycles. The first-order chi connectivity index (χ1) is 12.0. The van der Waals surface area contributed by atoms with E-state index in [2.05, 4.69) is 5.32 Å². The molecule has 0 fully saturated rings. The summed E-state index contributed by atoms with van der Waals surface area (Å²) in [6.07, 6.45) is 0. The molecule has 2 amide bonds. The van der Waals surface area contributed by atoms with Crippen molar-refractivity contribution in [3.8, 4) is 5.75 Å². The third-order valence-corrected chi connectivity index (χ3v) is 3.82. The first-order valence-electron chi connectivity index (χ1n) is 8.04. The van der Waals surface area contributed by atoms with Crippen LogP contribution in [-0.2, 0) is 0 Å². The second kappa shape index (κ2) is 8.28. The van der Waals surface area contributed by atoms with Gasteiger partial charge in [0.05, 0.1) is 12.7 Å². The number of methoxy groups -OCH3 is 1. The number of amides is 2. The van der Waals surface area contributed by atoms with Gasteiger partial charge in [-0.15, -0.1) is 0 Å². The van der Waals surface area contributed by atoms with Gasteiger partial charge in [0, 0.05) is 24.3 Å². The second-order valence-corrected chi connectivity index (χ2v) is 5.36. The molecule has 0 saturated heterocycles. The van der Waals surface area contributed by atoms with Gasteiger partial charge >= 0.3 is 0 Å². The zero-order valence-electron chi connectivity index (χ0n) is 14.5. The number of halogens is 1. The number of benzene rings is 2. The third kappa shape index (κ3) is 4.35. The van der Waals surface area contributed by atoms with E-state index in [1.165, 1.54) is 19.2 Å². The summed E-state index contributed by atoms with van der Waals surface area (Å²) in [6.45, 7) is 5.02. The van der Waals surface area contributed by atoms with Crippen LogP contribution in [0, 0.1) is 5.82 Å². The molecular formula is C19H21FN2O3. The number of nitrogens with one attached hydrogen (secondary N) is 1. The van der Waals surface area contributed by atoms with E-state index in [1.54, 1.807) is 29.2 Å². The molecule has 0 aromatic heterocycles. The highest BCUT2D eigenvalue weighted by Gasteiger charge is 2.16. The van der Waals surface area contributed by atoms with Crippen LogP contribution >= 0.6 is 0 Å². The minimum absolute atomic E-state index is 0.0861. The van der Waals surface area contributed by atoms with Crippen LogP contribution in [0.5, 0.6) is 5.75 Å². The molecule has 2 aromatic carbocycles. The van der Waals surface area contributed by atoms with E-state index in [0.29, 0.717) is 24.3 Å². The molecule has 0 aliphatic rings. The summed E-state index contributed by atoms with van der Waals surface area (Å²) in [5, 5.41) is 2.67. The molecule has 0 saturated carbocycles. The van der Waals surface area contributed by atoms with Crippen molar-refractivity contribution < 1.29 is 18.7 Å². The van der Waals surface area contributed by atoms with Gasteiger partial charge in [-0.1, -0.05) is 6.07 Å². The average molecular weight is 344 g/mol. The number of ether oxygens (including phenoxy) is 1. The Morgan fingerprint density at radius 1 is 1.12 bits per heavy atom. The predicted octanol–water partition coefficient (Wildman–Crippen LogP) is 3.57. The van der Waals surface area contributed by atoms with E-state index in [0.717, 1.165) is 6.07 Å². The zero-order valence-corrected chi connectivity index (χ0v) is 14.5. The predicted molar refractivity (Wildman–Crippen MR) is 94.6 cm³/mol. The van der Waals surface area contributed by atoms with Crippen molar-refractivity contribution in [2.45, 2.75) is 13.8 Å². The summed E-state index contributed by atoms with van der Waals surface area (Å²) in [5.74, 6) is -0.876. The van der Waals surface area contributed by atoms with Crippen molar-refractivity contribution in [1.29, 1.82) is 0 Å². The largest absolute Gasteiger partial charge is 0.496 e. The molecule has 0 aliphatic carbocycles. The Morgan fingerprint density at radius 3 is 2.48 bits per heavy atom. The number of hydrogen-bond acceptors (Lipinski definition) is 3. The zero-order chi connectivity index (χ0) is 18.4. The fourth-order valence-corrected chi connectivity index (χ4v) is 2.48. The molecule has 0 heterocycles. The number of rotatable bonds is 6. The Hall–Kier alpha value is -2.89. The molecule has 2 rings (SSSR count). The SMILES string of the molecule is CCN(CC)C(=O)c1cccc(NC(=O)c2cc(F)ccc2OC)c1. The van der Waals surface area contributed by atoms with E-state index < -0.39 is 11.7 Å². The molecular weight excluding hydrogens is 323 g/mol. The molecule has 0 spiro atoms. The summed E-state index contributed by atoms with van der Waals surface area (Å²) < 4.78 is 18.5. The van der Waals surface area contributed by atoms with Crippen molar-refractivity contribution in [3.63, 3.8) is 0 Å². The van der Waals surface area contributed by atoms with Crippen molar-refractivity contribution in [1.82, 2.24) is 4.90 Å².